The number of nitrogens with one attached hydrogen (secondary N) is 2. The Kier molecular flexibility index (Phi) is 6.94. The van der Waals surface area contributed by atoms with Crippen molar-refractivity contribution in [2.24, 2.45) is 17.1 Å². The first-order chi connectivity index (χ1) is 18.2. The maximum absolute atomic E-state index is 14.2. The third-order valence-electron chi connectivity index (χ3n) is 8.36. The van der Waals surface area contributed by atoms with Crippen molar-refractivity contribution in [3.05, 3.63) is 65.7 Å². The summed E-state index contributed by atoms with van der Waals surface area (Å²) in [5.41, 5.74) is 6.45. The van der Waals surface area contributed by atoms with Gasteiger partial charge in [-0.25, -0.2) is 9.37 Å². The van der Waals surface area contributed by atoms with E-state index in [0.717, 1.165) is 24.8 Å². The van der Waals surface area contributed by atoms with Crippen LogP contribution in [0.3, 0.4) is 0 Å². The van der Waals surface area contributed by atoms with E-state index in [4.69, 9.17) is 5.73 Å². The molecule has 9 heteroatoms. The van der Waals surface area contributed by atoms with Gasteiger partial charge < -0.3 is 20.9 Å². The number of piperidine rings is 1. The molecule has 2 unspecified atom stereocenters. The first-order valence-corrected chi connectivity index (χ1v) is 13.3. The van der Waals surface area contributed by atoms with Crippen LogP contribution in [0, 0.1) is 17.2 Å². The second-order valence-electron chi connectivity index (χ2n) is 10.7. The second-order valence-corrected chi connectivity index (χ2v) is 10.7. The molecule has 1 saturated carbocycles. The van der Waals surface area contributed by atoms with Crippen LogP contribution in [-0.4, -0.2) is 45.2 Å². The lowest BCUT2D eigenvalue weighted by atomic mass is 9.80. The van der Waals surface area contributed by atoms with Crippen molar-refractivity contribution in [3.63, 3.8) is 0 Å². The van der Waals surface area contributed by atoms with E-state index < -0.39 is 35.0 Å². The molecule has 5 atom stereocenters. The fourth-order valence-electron chi connectivity index (χ4n) is 6.08. The predicted molar refractivity (Wildman–Crippen MR) is 141 cm³/mol. The van der Waals surface area contributed by atoms with E-state index in [1.807, 2.05) is 42.2 Å². The molecule has 8 nitrogen and oxygen atoms in total. The van der Waals surface area contributed by atoms with Gasteiger partial charge in [0.1, 0.15) is 11.3 Å². The number of rotatable bonds is 8. The molecule has 38 heavy (non-hydrogen) atoms. The van der Waals surface area contributed by atoms with Gasteiger partial charge in [-0.3, -0.25) is 14.4 Å². The van der Waals surface area contributed by atoms with Gasteiger partial charge >= 0.3 is 0 Å². The molecule has 0 bridgehead atoms. The van der Waals surface area contributed by atoms with Crippen LogP contribution in [-0.2, 0) is 14.4 Å². The number of nitrogens with two attached hydrogens (primary N) is 1. The summed E-state index contributed by atoms with van der Waals surface area (Å²) < 4.78 is 14.2. The fourth-order valence-corrected chi connectivity index (χ4v) is 6.08. The number of fused-ring (bicyclic) bond motifs is 1. The lowest BCUT2D eigenvalue weighted by molar-refractivity contribution is -0.143. The number of para-hydroxylation sites is 1. The minimum Gasteiger partial charge on any atom is -0.369 e. The molecule has 3 amide bonds. The minimum absolute atomic E-state index is 0.0815. The van der Waals surface area contributed by atoms with Crippen molar-refractivity contribution < 1.29 is 18.8 Å². The molecule has 1 aliphatic heterocycles. The van der Waals surface area contributed by atoms with Gasteiger partial charge in [-0.2, -0.15) is 0 Å². The second kappa shape index (κ2) is 10.2. The molecular formula is C29H34FN5O3. The summed E-state index contributed by atoms with van der Waals surface area (Å²) in [5, 5.41) is 2.94. The summed E-state index contributed by atoms with van der Waals surface area (Å²) in [6.07, 6.45) is 3.18. The van der Waals surface area contributed by atoms with Crippen LogP contribution in [0.1, 0.15) is 69.3 Å². The van der Waals surface area contributed by atoms with Crippen molar-refractivity contribution in [3.8, 4) is 0 Å². The molecule has 1 aromatic heterocycles. The normalized spacial score (nSPS) is 24.6. The molecule has 200 valence electrons. The quantitative estimate of drug-likeness (QED) is 0.417. The first kappa shape index (κ1) is 25.9. The van der Waals surface area contributed by atoms with E-state index in [2.05, 4.69) is 15.3 Å². The molecule has 0 spiro atoms. The van der Waals surface area contributed by atoms with Gasteiger partial charge in [0.25, 0.3) is 0 Å². The van der Waals surface area contributed by atoms with Gasteiger partial charge in [-0.15, -0.1) is 0 Å². The van der Waals surface area contributed by atoms with E-state index in [1.165, 1.54) is 6.07 Å². The van der Waals surface area contributed by atoms with Crippen LogP contribution in [0.4, 0.5) is 4.39 Å². The lowest BCUT2D eigenvalue weighted by Gasteiger charge is -2.35. The molecule has 1 saturated heterocycles. The third kappa shape index (κ3) is 4.66. The number of aromatic amines is 1. The van der Waals surface area contributed by atoms with E-state index >= 15 is 0 Å². The number of H-pyrrole nitrogens is 1. The standard InChI is InChI=1S/C29H34FN5O3/c1-17-9-6-7-14-35(17)24(36)15-20(29(28(31)38)16-21(29)19-10-4-3-5-11-19)27(37)32-18(2)26-33-23-13-8-12-22(30)25(23)34-26/h3-5,8,10-13,17-18,20-21H,6-7,9,14-16H2,1-2H3,(H2,31,38)(H,32,37)(H,33,34)/t17-,18-,20+,21?,29?/m0/s1. The highest BCUT2D eigenvalue weighted by molar-refractivity contribution is 5.96. The fraction of sp³-hybridized carbons (Fsp3) is 0.448. The van der Waals surface area contributed by atoms with Crippen LogP contribution in [0.25, 0.3) is 11.0 Å². The molecular weight excluding hydrogens is 485 g/mol. The third-order valence-corrected chi connectivity index (χ3v) is 8.36. The zero-order valence-corrected chi connectivity index (χ0v) is 21.7. The summed E-state index contributed by atoms with van der Waals surface area (Å²) in [6.45, 7) is 4.39. The van der Waals surface area contributed by atoms with Crippen LogP contribution >= 0.6 is 0 Å². The van der Waals surface area contributed by atoms with E-state index in [9.17, 15) is 18.8 Å². The summed E-state index contributed by atoms with van der Waals surface area (Å²) in [7, 11) is 0. The molecule has 5 rings (SSSR count). The number of likely N-dealkylation sites (tertiary alicyclic amines) is 1. The Hall–Kier alpha value is -3.75. The number of nitrogens with zero attached hydrogens (tertiary/aromatic N) is 2. The lowest BCUT2D eigenvalue weighted by Crippen LogP contribution is -2.48. The zero-order valence-electron chi connectivity index (χ0n) is 21.7. The molecule has 3 aromatic rings. The highest BCUT2D eigenvalue weighted by Gasteiger charge is 2.66. The monoisotopic (exact) mass is 519 g/mol. The van der Waals surface area contributed by atoms with Crippen LogP contribution < -0.4 is 11.1 Å². The van der Waals surface area contributed by atoms with Gasteiger partial charge in [0, 0.05) is 24.9 Å². The van der Waals surface area contributed by atoms with Crippen molar-refractivity contribution in [2.45, 2.75) is 64.0 Å². The average Bonchev–Trinajstić information content (AvgIpc) is 3.51. The van der Waals surface area contributed by atoms with Crippen LogP contribution in [0.2, 0.25) is 0 Å². The number of halogens is 1. The largest absolute Gasteiger partial charge is 0.369 e. The Morgan fingerprint density at radius 2 is 1.95 bits per heavy atom. The maximum atomic E-state index is 14.2. The molecule has 1 aliphatic carbocycles. The Labute approximate surface area is 221 Å². The van der Waals surface area contributed by atoms with E-state index in [1.54, 1.807) is 19.1 Å². The topological polar surface area (TPSA) is 121 Å². The van der Waals surface area contributed by atoms with Gasteiger partial charge in [0.15, 0.2) is 5.82 Å². The van der Waals surface area contributed by atoms with Gasteiger partial charge in [-0.1, -0.05) is 36.4 Å². The molecule has 2 aliphatic rings. The van der Waals surface area contributed by atoms with Gasteiger partial charge in [0.05, 0.1) is 22.9 Å². The van der Waals surface area contributed by atoms with Crippen LogP contribution in [0.15, 0.2) is 48.5 Å². The number of primary amides is 1. The van der Waals surface area contributed by atoms with Crippen molar-refractivity contribution >= 4 is 28.8 Å². The summed E-state index contributed by atoms with van der Waals surface area (Å²) >= 11 is 0. The van der Waals surface area contributed by atoms with E-state index in [0.29, 0.717) is 24.3 Å². The van der Waals surface area contributed by atoms with Crippen molar-refractivity contribution in [2.75, 3.05) is 6.54 Å². The molecule has 0 radical (unpaired) electrons. The highest BCUT2D eigenvalue weighted by Crippen LogP contribution is 2.64. The molecule has 2 fully saturated rings. The Morgan fingerprint density at radius 3 is 2.63 bits per heavy atom. The number of hydrogen-bond acceptors (Lipinski definition) is 4. The van der Waals surface area contributed by atoms with Gasteiger partial charge in [-0.05, 0) is 57.2 Å². The SMILES string of the molecule is C[C@H](NC(=O)[C@@H](CC(=O)N1CCCC[C@@H]1C)C1(C(N)=O)CC1c1ccccc1)c1nc2c(F)cccc2[nH]1. The smallest absolute Gasteiger partial charge is 0.225 e. The first-order valence-electron chi connectivity index (χ1n) is 13.3. The van der Waals surface area contributed by atoms with Gasteiger partial charge in [0.2, 0.25) is 17.7 Å². The van der Waals surface area contributed by atoms with Crippen molar-refractivity contribution in [1.29, 1.82) is 0 Å². The zero-order chi connectivity index (χ0) is 27.0. The number of hydrogen-bond donors (Lipinski definition) is 3. The molecule has 2 aromatic carbocycles. The summed E-state index contributed by atoms with van der Waals surface area (Å²) in [4.78, 5) is 49.6. The Bertz CT molecular complexity index is 1360. The Balaban J connectivity index is 1.44. The molecule has 2 heterocycles. The number of carbonyl (C=O) groups is 3. The van der Waals surface area contributed by atoms with Crippen LogP contribution in [0.5, 0.6) is 0 Å². The number of amides is 3. The predicted octanol–water partition coefficient (Wildman–Crippen LogP) is 3.95. The van der Waals surface area contributed by atoms with E-state index in [-0.39, 0.29) is 29.8 Å². The summed E-state index contributed by atoms with van der Waals surface area (Å²) in [6, 6.07) is 13.6. The van der Waals surface area contributed by atoms with Crippen molar-refractivity contribution in [1.82, 2.24) is 20.2 Å². The Morgan fingerprint density at radius 1 is 1.18 bits per heavy atom. The number of benzene rings is 2. The number of aromatic nitrogens is 2. The minimum atomic E-state index is -1.17. The number of carbonyl (C=O) groups excluding carboxylic acids is 3. The maximum Gasteiger partial charge on any atom is 0.225 e. The average molecular weight is 520 g/mol. The summed E-state index contributed by atoms with van der Waals surface area (Å²) in [5.74, 6) is -2.43. The molecule has 4 N–H and O–H groups in total. The highest BCUT2D eigenvalue weighted by atomic mass is 19.1. The number of imidazole rings is 1.